The maximum absolute atomic E-state index is 12.4. The Bertz CT molecular complexity index is 546. The number of rotatable bonds is 6. The van der Waals surface area contributed by atoms with E-state index in [-0.39, 0.29) is 18.8 Å². The summed E-state index contributed by atoms with van der Waals surface area (Å²) >= 11 is 0. The molecular weight excluding hydrogens is 306 g/mol. The van der Waals surface area contributed by atoms with Gasteiger partial charge in [-0.05, 0) is 25.8 Å². The van der Waals surface area contributed by atoms with Gasteiger partial charge in [-0.25, -0.2) is 4.79 Å². The highest BCUT2D eigenvalue weighted by molar-refractivity contribution is 5.74. The first-order valence-electron chi connectivity index (χ1n) is 7.66. The van der Waals surface area contributed by atoms with Crippen LogP contribution in [0.25, 0.3) is 0 Å². The number of hydrogen-bond donors (Lipinski definition) is 3. The second kappa shape index (κ2) is 7.59. The first kappa shape index (κ1) is 17.5. The summed E-state index contributed by atoms with van der Waals surface area (Å²) in [7, 11) is 0. The normalized spacial score (nSPS) is 16.4. The first-order chi connectivity index (χ1) is 10.9. The zero-order valence-corrected chi connectivity index (χ0v) is 13.1. The Hall–Kier alpha value is -1.89. The number of carbonyl (C=O) groups excluding carboxylic acids is 1. The predicted molar refractivity (Wildman–Crippen MR) is 81.5 cm³/mol. The van der Waals surface area contributed by atoms with Gasteiger partial charge in [0.2, 0.25) is 0 Å². The monoisotopic (exact) mass is 328 g/mol. The van der Waals surface area contributed by atoms with Gasteiger partial charge in [0, 0.05) is 18.7 Å². The van der Waals surface area contributed by atoms with E-state index in [0.717, 1.165) is 18.4 Å². The van der Waals surface area contributed by atoms with E-state index in [9.17, 15) is 18.7 Å². The van der Waals surface area contributed by atoms with Gasteiger partial charge < -0.3 is 20.5 Å². The van der Waals surface area contributed by atoms with Crippen LogP contribution in [0.2, 0.25) is 0 Å². The van der Waals surface area contributed by atoms with E-state index in [4.69, 9.17) is 0 Å². The van der Waals surface area contributed by atoms with Crippen LogP contribution in [-0.4, -0.2) is 29.9 Å². The van der Waals surface area contributed by atoms with E-state index < -0.39 is 18.2 Å². The standard InChI is InChI=1S/C16H22F2N2O3/c1-11-4-5-13(23-14(17)18)12(8-11)9-19-15(21)20-10-16(22)6-2-3-7-16/h4-5,8,14,22H,2-3,6-7,9-10H2,1H3,(H2,19,20,21). The summed E-state index contributed by atoms with van der Waals surface area (Å²) in [5.41, 5.74) is 0.522. The van der Waals surface area contributed by atoms with E-state index in [2.05, 4.69) is 15.4 Å². The fourth-order valence-electron chi connectivity index (χ4n) is 2.75. The molecule has 0 radical (unpaired) electrons. The molecule has 23 heavy (non-hydrogen) atoms. The third kappa shape index (κ3) is 5.35. The van der Waals surface area contributed by atoms with Crippen molar-refractivity contribution >= 4 is 6.03 Å². The van der Waals surface area contributed by atoms with Crippen LogP contribution in [0.4, 0.5) is 13.6 Å². The van der Waals surface area contributed by atoms with Crippen LogP contribution < -0.4 is 15.4 Å². The predicted octanol–water partition coefficient (Wildman–Crippen LogP) is 2.70. The second-order valence-electron chi connectivity index (χ2n) is 5.96. The van der Waals surface area contributed by atoms with Crippen molar-refractivity contribution in [3.63, 3.8) is 0 Å². The van der Waals surface area contributed by atoms with Crippen molar-refractivity contribution in [2.24, 2.45) is 0 Å². The topological polar surface area (TPSA) is 70.6 Å². The first-order valence-corrected chi connectivity index (χ1v) is 7.66. The van der Waals surface area contributed by atoms with Crippen molar-refractivity contribution in [2.75, 3.05) is 6.54 Å². The van der Waals surface area contributed by atoms with Crippen LogP contribution in [0.5, 0.6) is 5.75 Å². The molecule has 1 fully saturated rings. The Kier molecular flexibility index (Phi) is 5.76. The minimum absolute atomic E-state index is 0.0420. The van der Waals surface area contributed by atoms with Crippen molar-refractivity contribution < 1.29 is 23.4 Å². The van der Waals surface area contributed by atoms with Gasteiger partial charge in [-0.3, -0.25) is 0 Å². The van der Waals surface area contributed by atoms with Crippen molar-refractivity contribution in [1.29, 1.82) is 0 Å². The van der Waals surface area contributed by atoms with Crippen LogP contribution in [0.15, 0.2) is 18.2 Å². The summed E-state index contributed by atoms with van der Waals surface area (Å²) in [6.07, 6.45) is 3.27. The summed E-state index contributed by atoms with van der Waals surface area (Å²) in [6, 6.07) is 4.35. The Morgan fingerprint density at radius 1 is 1.35 bits per heavy atom. The average Bonchev–Trinajstić information content (AvgIpc) is 2.92. The molecule has 0 spiro atoms. The minimum atomic E-state index is -2.91. The number of alkyl halides is 2. The van der Waals surface area contributed by atoms with Crippen molar-refractivity contribution in [1.82, 2.24) is 10.6 Å². The molecule has 5 nitrogen and oxygen atoms in total. The number of benzene rings is 1. The van der Waals surface area contributed by atoms with E-state index in [1.54, 1.807) is 12.1 Å². The molecule has 0 saturated heterocycles. The fraction of sp³-hybridized carbons (Fsp3) is 0.562. The quantitative estimate of drug-likeness (QED) is 0.752. The highest BCUT2D eigenvalue weighted by Crippen LogP contribution is 2.28. The molecule has 0 unspecified atom stereocenters. The summed E-state index contributed by atoms with van der Waals surface area (Å²) in [6.45, 7) is -0.839. The molecule has 1 aliphatic carbocycles. The van der Waals surface area contributed by atoms with E-state index in [1.807, 2.05) is 6.92 Å². The number of aryl methyl sites for hydroxylation is 1. The lowest BCUT2D eigenvalue weighted by atomic mass is 10.0. The zero-order chi connectivity index (χ0) is 16.9. The maximum atomic E-state index is 12.4. The smallest absolute Gasteiger partial charge is 0.387 e. The number of halogens is 2. The Morgan fingerprint density at radius 3 is 2.70 bits per heavy atom. The van der Waals surface area contributed by atoms with E-state index >= 15 is 0 Å². The molecule has 0 aromatic heterocycles. The highest BCUT2D eigenvalue weighted by Gasteiger charge is 2.31. The molecule has 3 N–H and O–H groups in total. The number of amides is 2. The molecule has 0 atom stereocenters. The number of aliphatic hydroxyl groups is 1. The van der Waals surface area contributed by atoms with Gasteiger partial charge in [0.25, 0.3) is 0 Å². The van der Waals surface area contributed by atoms with Crippen molar-refractivity contribution in [3.8, 4) is 5.75 Å². The SMILES string of the molecule is Cc1ccc(OC(F)F)c(CNC(=O)NCC2(O)CCCC2)c1. The lowest BCUT2D eigenvalue weighted by Crippen LogP contribution is -2.44. The molecule has 2 amide bonds. The number of carbonyl (C=O) groups is 1. The molecule has 0 heterocycles. The molecule has 1 aromatic rings. The average molecular weight is 328 g/mol. The van der Waals surface area contributed by atoms with Gasteiger partial charge in [0.1, 0.15) is 5.75 Å². The fourth-order valence-corrected chi connectivity index (χ4v) is 2.75. The van der Waals surface area contributed by atoms with Crippen molar-refractivity contribution in [3.05, 3.63) is 29.3 Å². The van der Waals surface area contributed by atoms with Crippen LogP contribution in [0, 0.1) is 6.92 Å². The molecule has 128 valence electrons. The Labute approximate surface area is 134 Å². The Balaban J connectivity index is 1.87. The molecule has 0 bridgehead atoms. The highest BCUT2D eigenvalue weighted by atomic mass is 19.3. The molecule has 1 aromatic carbocycles. The number of hydrogen-bond acceptors (Lipinski definition) is 3. The lowest BCUT2D eigenvalue weighted by Gasteiger charge is -2.22. The summed E-state index contributed by atoms with van der Waals surface area (Å²) in [4.78, 5) is 11.8. The molecule has 1 aliphatic rings. The van der Waals surface area contributed by atoms with Gasteiger partial charge in [-0.15, -0.1) is 0 Å². The van der Waals surface area contributed by atoms with Crippen LogP contribution in [-0.2, 0) is 6.54 Å². The van der Waals surface area contributed by atoms with Gasteiger partial charge in [-0.2, -0.15) is 8.78 Å². The molecule has 1 saturated carbocycles. The summed E-state index contributed by atoms with van der Waals surface area (Å²) in [5.74, 6) is 0.0420. The number of nitrogens with one attached hydrogen (secondary N) is 2. The zero-order valence-electron chi connectivity index (χ0n) is 13.1. The number of urea groups is 1. The molecular formula is C16H22F2N2O3. The third-order valence-electron chi connectivity index (χ3n) is 3.98. The Morgan fingerprint density at radius 2 is 2.04 bits per heavy atom. The van der Waals surface area contributed by atoms with E-state index in [1.165, 1.54) is 6.07 Å². The summed E-state index contributed by atoms with van der Waals surface area (Å²) in [5, 5.41) is 15.4. The van der Waals surface area contributed by atoms with Crippen LogP contribution in [0.1, 0.15) is 36.8 Å². The molecule has 7 heteroatoms. The minimum Gasteiger partial charge on any atom is -0.434 e. The maximum Gasteiger partial charge on any atom is 0.387 e. The molecule has 0 aliphatic heterocycles. The van der Waals surface area contributed by atoms with Crippen LogP contribution in [0.3, 0.4) is 0 Å². The van der Waals surface area contributed by atoms with E-state index in [0.29, 0.717) is 18.4 Å². The molecule has 2 rings (SSSR count). The largest absolute Gasteiger partial charge is 0.434 e. The van der Waals surface area contributed by atoms with Gasteiger partial charge in [-0.1, -0.05) is 30.5 Å². The van der Waals surface area contributed by atoms with Gasteiger partial charge >= 0.3 is 12.6 Å². The van der Waals surface area contributed by atoms with Crippen LogP contribution >= 0.6 is 0 Å². The lowest BCUT2D eigenvalue weighted by molar-refractivity contribution is -0.0504. The third-order valence-corrected chi connectivity index (χ3v) is 3.98. The number of ether oxygens (including phenoxy) is 1. The summed E-state index contributed by atoms with van der Waals surface area (Å²) < 4.78 is 29.2. The van der Waals surface area contributed by atoms with Gasteiger partial charge in [0.05, 0.1) is 5.60 Å². The second-order valence-corrected chi connectivity index (χ2v) is 5.96. The van der Waals surface area contributed by atoms with Crippen molar-refractivity contribution in [2.45, 2.75) is 51.4 Å². The van der Waals surface area contributed by atoms with Gasteiger partial charge in [0.15, 0.2) is 0 Å².